The van der Waals surface area contributed by atoms with Crippen molar-refractivity contribution in [3.8, 4) is 5.75 Å². The first-order valence-corrected chi connectivity index (χ1v) is 10.0. The number of likely N-dealkylation sites (tertiary alicyclic amines) is 1. The summed E-state index contributed by atoms with van der Waals surface area (Å²) in [5.41, 5.74) is 0.739. The van der Waals surface area contributed by atoms with Gasteiger partial charge >= 0.3 is 5.69 Å². The number of ether oxygens (including phenoxy) is 1. The maximum Gasteiger partial charge on any atom is 0.330 e. The van der Waals surface area contributed by atoms with Crippen LogP contribution in [0.25, 0.3) is 0 Å². The highest BCUT2D eigenvalue weighted by molar-refractivity contribution is 5.83. The lowest BCUT2D eigenvalue weighted by molar-refractivity contribution is -0.139. The van der Waals surface area contributed by atoms with E-state index in [1.807, 2.05) is 34.1 Å². The van der Waals surface area contributed by atoms with Crippen molar-refractivity contribution in [2.24, 2.45) is 14.1 Å². The number of nitrogens with zero attached hydrogens (tertiary/aromatic N) is 4. The molecule has 1 amide bonds. The molecule has 1 aromatic carbocycles. The van der Waals surface area contributed by atoms with E-state index in [9.17, 15) is 14.4 Å². The van der Waals surface area contributed by atoms with Crippen LogP contribution >= 0.6 is 0 Å². The fraction of sp³-hybridized carbons (Fsp3) is 0.476. The predicted octanol–water partition coefficient (Wildman–Crippen LogP) is 0.864. The zero-order valence-corrected chi connectivity index (χ0v) is 16.8. The SMILES string of the molecule is Cn1c(CN2C[C@@H](C(=O)N3CCCCC3)Oc3ccccc32)cc(=O)n(C)c1=O. The molecule has 0 spiro atoms. The summed E-state index contributed by atoms with van der Waals surface area (Å²) in [5, 5.41) is 0. The molecular formula is C21H26N4O4. The number of hydrogen-bond acceptors (Lipinski definition) is 5. The van der Waals surface area contributed by atoms with Crippen molar-refractivity contribution < 1.29 is 9.53 Å². The van der Waals surface area contributed by atoms with Crippen LogP contribution in [0.3, 0.4) is 0 Å². The number of piperidine rings is 1. The maximum absolute atomic E-state index is 13.0. The first-order valence-electron chi connectivity index (χ1n) is 10.0. The summed E-state index contributed by atoms with van der Waals surface area (Å²) in [7, 11) is 3.12. The molecule has 1 saturated heterocycles. The van der Waals surface area contributed by atoms with Gasteiger partial charge in [-0.05, 0) is 31.4 Å². The average molecular weight is 398 g/mol. The number of fused-ring (bicyclic) bond motifs is 1. The fourth-order valence-corrected chi connectivity index (χ4v) is 4.03. The normalized spacial score (nSPS) is 18.9. The summed E-state index contributed by atoms with van der Waals surface area (Å²) in [4.78, 5) is 41.4. The van der Waals surface area contributed by atoms with Gasteiger partial charge in [-0.3, -0.25) is 18.7 Å². The van der Waals surface area contributed by atoms with Gasteiger partial charge in [-0.2, -0.15) is 0 Å². The lowest BCUT2D eigenvalue weighted by atomic mass is 10.1. The molecule has 3 heterocycles. The average Bonchev–Trinajstić information content (AvgIpc) is 2.76. The minimum Gasteiger partial charge on any atom is -0.477 e. The second-order valence-electron chi connectivity index (χ2n) is 7.72. The number of amides is 1. The van der Waals surface area contributed by atoms with Crippen LogP contribution in [0.2, 0.25) is 0 Å². The quantitative estimate of drug-likeness (QED) is 0.767. The number of para-hydroxylation sites is 2. The van der Waals surface area contributed by atoms with Crippen molar-refractivity contribution in [3.05, 3.63) is 56.9 Å². The van der Waals surface area contributed by atoms with Crippen LogP contribution in [0.1, 0.15) is 25.0 Å². The number of benzene rings is 1. The first kappa shape index (κ1) is 19.3. The molecule has 0 aliphatic carbocycles. The van der Waals surface area contributed by atoms with E-state index in [0.717, 1.165) is 42.6 Å². The fourth-order valence-electron chi connectivity index (χ4n) is 4.03. The molecule has 0 unspecified atom stereocenters. The molecule has 0 saturated carbocycles. The van der Waals surface area contributed by atoms with Gasteiger partial charge in [-0.15, -0.1) is 0 Å². The van der Waals surface area contributed by atoms with Gasteiger partial charge in [0.2, 0.25) is 0 Å². The Bertz CT molecular complexity index is 1040. The number of hydrogen-bond donors (Lipinski definition) is 0. The van der Waals surface area contributed by atoms with Gasteiger partial charge in [-0.1, -0.05) is 12.1 Å². The Labute approximate surface area is 168 Å². The van der Waals surface area contributed by atoms with Crippen molar-refractivity contribution in [2.45, 2.75) is 31.9 Å². The van der Waals surface area contributed by atoms with Crippen molar-refractivity contribution >= 4 is 11.6 Å². The van der Waals surface area contributed by atoms with E-state index in [1.54, 1.807) is 7.05 Å². The first-order chi connectivity index (χ1) is 14.0. The number of anilines is 1. The summed E-state index contributed by atoms with van der Waals surface area (Å²) < 4.78 is 8.60. The summed E-state index contributed by atoms with van der Waals surface area (Å²) in [5.74, 6) is 0.644. The highest BCUT2D eigenvalue weighted by Gasteiger charge is 2.34. The molecule has 154 valence electrons. The van der Waals surface area contributed by atoms with Crippen molar-refractivity contribution in [2.75, 3.05) is 24.5 Å². The number of carbonyl (C=O) groups is 1. The summed E-state index contributed by atoms with van der Waals surface area (Å²) in [6, 6.07) is 9.03. The van der Waals surface area contributed by atoms with Crippen molar-refractivity contribution in [1.29, 1.82) is 0 Å². The van der Waals surface area contributed by atoms with Gasteiger partial charge in [-0.25, -0.2) is 4.79 Å². The third-order valence-corrected chi connectivity index (χ3v) is 5.78. The van der Waals surface area contributed by atoms with Crippen LogP contribution in [-0.4, -0.2) is 45.7 Å². The topological polar surface area (TPSA) is 76.8 Å². The van der Waals surface area contributed by atoms with Crippen LogP contribution < -0.4 is 20.9 Å². The van der Waals surface area contributed by atoms with Gasteiger partial charge in [0.15, 0.2) is 6.10 Å². The van der Waals surface area contributed by atoms with E-state index < -0.39 is 6.10 Å². The summed E-state index contributed by atoms with van der Waals surface area (Å²) in [6.07, 6.45) is 2.59. The van der Waals surface area contributed by atoms with E-state index in [1.165, 1.54) is 17.7 Å². The Morgan fingerprint density at radius 2 is 1.79 bits per heavy atom. The number of carbonyl (C=O) groups excluding carboxylic acids is 1. The van der Waals surface area contributed by atoms with Gasteiger partial charge in [0, 0.05) is 38.9 Å². The summed E-state index contributed by atoms with van der Waals surface area (Å²) in [6.45, 7) is 2.24. The molecule has 8 heteroatoms. The van der Waals surface area contributed by atoms with Crippen LogP contribution in [0.4, 0.5) is 5.69 Å². The van der Waals surface area contributed by atoms with Crippen LogP contribution in [0, 0.1) is 0 Å². The highest BCUT2D eigenvalue weighted by atomic mass is 16.5. The van der Waals surface area contributed by atoms with E-state index >= 15 is 0 Å². The summed E-state index contributed by atoms with van der Waals surface area (Å²) >= 11 is 0. The lowest BCUT2D eigenvalue weighted by Crippen LogP contribution is -2.51. The molecule has 2 aliphatic rings. The van der Waals surface area contributed by atoms with Crippen molar-refractivity contribution in [3.63, 3.8) is 0 Å². The Morgan fingerprint density at radius 1 is 1.07 bits per heavy atom. The second kappa shape index (κ2) is 7.77. The Balaban J connectivity index is 1.64. The molecule has 1 aromatic heterocycles. The molecule has 1 atom stereocenters. The van der Waals surface area contributed by atoms with Gasteiger partial charge in [0.05, 0.1) is 18.8 Å². The largest absolute Gasteiger partial charge is 0.477 e. The van der Waals surface area contributed by atoms with E-state index in [2.05, 4.69) is 0 Å². The molecular weight excluding hydrogens is 372 g/mol. The van der Waals surface area contributed by atoms with E-state index in [-0.39, 0.29) is 17.2 Å². The molecule has 29 heavy (non-hydrogen) atoms. The van der Waals surface area contributed by atoms with E-state index in [0.29, 0.717) is 24.5 Å². The monoisotopic (exact) mass is 398 g/mol. The zero-order valence-electron chi connectivity index (χ0n) is 16.8. The van der Waals surface area contributed by atoms with Crippen LogP contribution in [0.15, 0.2) is 39.9 Å². The predicted molar refractivity (Wildman–Crippen MR) is 109 cm³/mol. The molecule has 0 radical (unpaired) electrons. The minimum absolute atomic E-state index is 0.00191. The third kappa shape index (κ3) is 3.66. The zero-order chi connectivity index (χ0) is 20.5. The Morgan fingerprint density at radius 3 is 2.55 bits per heavy atom. The van der Waals surface area contributed by atoms with Crippen LogP contribution in [-0.2, 0) is 25.4 Å². The third-order valence-electron chi connectivity index (χ3n) is 5.78. The molecule has 2 aliphatic heterocycles. The maximum atomic E-state index is 13.0. The second-order valence-corrected chi connectivity index (χ2v) is 7.72. The highest BCUT2D eigenvalue weighted by Crippen LogP contribution is 2.34. The van der Waals surface area contributed by atoms with Gasteiger partial charge in [0.1, 0.15) is 5.75 Å². The molecule has 2 aromatic rings. The minimum atomic E-state index is -0.605. The van der Waals surface area contributed by atoms with Gasteiger partial charge < -0.3 is 14.5 Å². The smallest absolute Gasteiger partial charge is 0.330 e. The molecule has 8 nitrogen and oxygen atoms in total. The van der Waals surface area contributed by atoms with E-state index in [4.69, 9.17) is 4.74 Å². The Hall–Kier alpha value is -3.03. The lowest BCUT2D eigenvalue weighted by Gasteiger charge is -2.38. The van der Waals surface area contributed by atoms with Crippen molar-refractivity contribution in [1.82, 2.24) is 14.0 Å². The molecule has 4 rings (SSSR count). The standard InChI is InChI=1S/C21H26N4O4/c1-22-15(12-19(26)23(2)21(22)28)13-25-14-18(20(27)24-10-6-3-7-11-24)29-17-9-5-4-8-16(17)25/h4-5,8-9,12,18H,3,6-7,10-11,13-14H2,1-2H3/t18-/m0/s1. The van der Waals surface area contributed by atoms with Gasteiger partial charge in [0.25, 0.3) is 11.5 Å². The Kier molecular flexibility index (Phi) is 5.17. The number of aromatic nitrogens is 2. The molecule has 1 fully saturated rings. The number of rotatable bonds is 3. The molecule has 0 N–H and O–H groups in total. The molecule has 0 bridgehead atoms. The van der Waals surface area contributed by atoms with Crippen LogP contribution in [0.5, 0.6) is 5.75 Å².